The molecule has 1 aliphatic carbocycles. The summed E-state index contributed by atoms with van der Waals surface area (Å²) in [6.07, 6.45) is 6.68. The quantitative estimate of drug-likeness (QED) is 0.531. The molecule has 1 saturated carbocycles. The second-order valence-electron chi connectivity index (χ2n) is 4.21. The molecule has 2 radical (unpaired) electrons. The van der Waals surface area contributed by atoms with Crippen molar-refractivity contribution in [2.45, 2.75) is 38.5 Å². The minimum atomic E-state index is -0.232. The predicted molar refractivity (Wildman–Crippen MR) is 63.0 cm³/mol. The Morgan fingerprint density at radius 2 is 1.69 bits per heavy atom. The van der Waals surface area contributed by atoms with Gasteiger partial charge >= 0.3 is 0 Å². The Morgan fingerprint density at radius 1 is 1.06 bits per heavy atom. The fourth-order valence-corrected chi connectivity index (χ4v) is 2.03. The molecule has 1 fully saturated rings. The molecular formula is C11H19BN2O2. The van der Waals surface area contributed by atoms with Crippen molar-refractivity contribution in [3.8, 4) is 0 Å². The SMILES string of the molecule is [B]CNC(=O)CNC(=O)C1CCCCCC1. The van der Waals surface area contributed by atoms with Crippen molar-refractivity contribution in [3.05, 3.63) is 0 Å². The van der Waals surface area contributed by atoms with Crippen LogP contribution in [-0.2, 0) is 9.59 Å². The summed E-state index contributed by atoms with van der Waals surface area (Å²) in [4.78, 5) is 22.8. The zero-order valence-corrected chi connectivity index (χ0v) is 9.63. The van der Waals surface area contributed by atoms with Gasteiger partial charge in [-0.15, -0.1) is 0 Å². The van der Waals surface area contributed by atoms with Gasteiger partial charge in [-0.3, -0.25) is 9.59 Å². The highest BCUT2D eigenvalue weighted by Gasteiger charge is 2.19. The van der Waals surface area contributed by atoms with Crippen molar-refractivity contribution in [2.24, 2.45) is 5.92 Å². The molecule has 4 nitrogen and oxygen atoms in total. The Labute approximate surface area is 98.0 Å². The number of rotatable bonds is 4. The van der Waals surface area contributed by atoms with Gasteiger partial charge in [-0.05, 0) is 19.3 Å². The number of carbonyl (C=O) groups excluding carboxylic acids is 2. The zero-order valence-electron chi connectivity index (χ0n) is 9.63. The van der Waals surface area contributed by atoms with Gasteiger partial charge < -0.3 is 10.6 Å². The maximum atomic E-state index is 11.7. The Hall–Kier alpha value is -0.995. The average molecular weight is 222 g/mol. The van der Waals surface area contributed by atoms with Gasteiger partial charge in [0.05, 0.1) is 14.4 Å². The second-order valence-corrected chi connectivity index (χ2v) is 4.21. The molecule has 2 amide bonds. The van der Waals surface area contributed by atoms with Gasteiger partial charge in [0.25, 0.3) is 0 Å². The molecular weight excluding hydrogens is 203 g/mol. The Balaban J connectivity index is 2.25. The predicted octanol–water partition coefficient (Wildman–Crippen LogP) is 0.315. The molecule has 0 aliphatic heterocycles. The summed E-state index contributed by atoms with van der Waals surface area (Å²) in [6, 6.07) is 0. The summed E-state index contributed by atoms with van der Waals surface area (Å²) < 4.78 is 0. The van der Waals surface area contributed by atoms with Gasteiger partial charge in [0.15, 0.2) is 0 Å². The molecule has 0 bridgehead atoms. The lowest BCUT2D eigenvalue weighted by Crippen LogP contribution is -2.39. The Morgan fingerprint density at radius 3 is 2.25 bits per heavy atom. The number of hydrogen-bond donors (Lipinski definition) is 2. The van der Waals surface area contributed by atoms with E-state index in [1.54, 1.807) is 0 Å². The first-order chi connectivity index (χ1) is 7.74. The molecule has 16 heavy (non-hydrogen) atoms. The summed E-state index contributed by atoms with van der Waals surface area (Å²) in [6.45, 7) is 0.0343. The lowest BCUT2D eigenvalue weighted by atomic mass is 9.99. The van der Waals surface area contributed by atoms with Crippen LogP contribution < -0.4 is 10.6 Å². The number of hydrogen-bond acceptors (Lipinski definition) is 2. The first-order valence-electron chi connectivity index (χ1n) is 5.98. The van der Waals surface area contributed by atoms with Crippen molar-refractivity contribution < 1.29 is 9.59 Å². The molecule has 0 aromatic heterocycles. The molecule has 0 atom stereocenters. The van der Waals surface area contributed by atoms with E-state index in [0.29, 0.717) is 0 Å². The topological polar surface area (TPSA) is 58.2 Å². The van der Waals surface area contributed by atoms with Crippen molar-refractivity contribution >= 4 is 19.7 Å². The summed E-state index contributed by atoms with van der Waals surface area (Å²) in [5.74, 6) is -0.133. The Bertz CT molecular complexity index is 238. The molecule has 0 spiro atoms. The van der Waals surface area contributed by atoms with Crippen LogP contribution in [0.3, 0.4) is 0 Å². The van der Waals surface area contributed by atoms with Crippen LogP contribution in [0.1, 0.15) is 38.5 Å². The maximum Gasteiger partial charge on any atom is 0.238 e. The first kappa shape index (κ1) is 13.1. The zero-order chi connectivity index (χ0) is 11.8. The van der Waals surface area contributed by atoms with Gasteiger partial charge in [0.2, 0.25) is 11.8 Å². The minimum absolute atomic E-state index is 0.00840. The maximum absolute atomic E-state index is 11.7. The molecule has 88 valence electrons. The lowest BCUT2D eigenvalue weighted by molar-refractivity contribution is -0.128. The van der Waals surface area contributed by atoms with Gasteiger partial charge in [0.1, 0.15) is 0 Å². The summed E-state index contributed by atoms with van der Waals surface area (Å²) >= 11 is 0. The molecule has 0 aromatic rings. The van der Waals surface area contributed by atoms with Crippen LogP contribution in [-0.4, -0.2) is 32.6 Å². The van der Waals surface area contributed by atoms with E-state index in [1.807, 2.05) is 0 Å². The van der Waals surface area contributed by atoms with Gasteiger partial charge in [-0.1, -0.05) is 25.7 Å². The van der Waals surface area contributed by atoms with Crippen LogP contribution >= 0.6 is 0 Å². The summed E-state index contributed by atoms with van der Waals surface area (Å²) in [5.41, 5.74) is 0. The van der Waals surface area contributed by atoms with E-state index in [1.165, 1.54) is 12.8 Å². The number of nitrogens with one attached hydrogen (secondary N) is 2. The third kappa shape index (κ3) is 4.68. The average Bonchev–Trinajstić information content (AvgIpc) is 2.55. The molecule has 5 heteroatoms. The fourth-order valence-electron chi connectivity index (χ4n) is 2.03. The second kappa shape index (κ2) is 7.31. The largest absolute Gasteiger partial charge is 0.364 e. The van der Waals surface area contributed by atoms with Crippen molar-refractivity contribution in [3.63, 3.8) is 0 Å². The van der Waals surface area contributed by atoms with Crippen molar-refractivity contribution in [2.75, 3.05) is 13.0 Å². The van der Waals surface area contributed by atoms with E-state index in [-0.39, 0.29) is 30.7 Å². The lowest BCUT2D eigenvalue weighted by Gasteiger charge is -2.13. The van der Waals surface area contributed by atoms with Crippen LogP contribution in [0.15, 0.2) is 0 Å². The van der Waals surface area contributed by atoms with E-state index in [2.05, 4.69) is 10.6 Å². The van der Waals surface area contributed by atoms with E-state index in [0.717, 1.165) is 25.7 Å². The molecule has 1 rings (SSSR count). The van der Waals surface area contributed by atoms with Crippen LogP contribution in [0.25, 0.3) is 0 Å². The molecule has 0 aromatic carbocycles. The van der Waals surface area contributed by atoms with Crippen molar-refractivity contribution in [1.82, 2.24) is 10.6 Å². The van der Waals surface area contributed by atoms with Crippen LogP contribution in [0.5, 0.6) is 0 Å². The third-order valence-corrected chi connectivity index (χ3v) is 2.95. The third-order valence-electron chi connectivity index (χ3n) is 2.95. The van der Waals surface area contributed by atoms with Gasteiger partial charge in [0, 0.05) is 5.92 Å². The highest BCUT2D eigenvalue weighted by Crippen LogP contribution is 2.22. The first-order valence-corrected chi connectivity index (χ1v) is 5.98. The number of carbonyl (C=O) groups is 2. The summed E-state index contributed by atoms with van der Waals surface area (Å²) in [7, 11) is 5.15. The van der Waals surface area contributed by atoms with E-state index in [4.69, 9.17) is 7.85 Å². The monoisotopic (exact) mass is 222 g/mol. The molecule has 0 unspecified atom stereocenters. The highest BCUT2D eigenvalue weighted by atomic mass is 16.2. The molecule has 1 aliphatic rings. The molecule has 0 saturated heterocycles. The normalized spacial score (nSPS) is 17.5. The molecule has 2 N–H and O–H groups in total. The van der Waals surface area contributed by atoms with Gasteiger partial charge in [-0.2, -0.15) is 0 Å². The highest BCUT2D eigenvalue weighted by molar-refractivity contribution is 6.10. The van der Waals surface area contributed by atoms with Crippen LogP contribution in [0.4, 0.5) is 0 Å². The standard InChI is InChI=1S/C11H19BN2O2/c12-8-14-10(15)7-13-11(16)9-5-3-1-2-4-6-9/h9H,1-8H2,(H,13,16)(H,14,15). The summed E-state index contributed by atoms with van der Waals surface area (Å²) in [5, 5.41) is 5.10. The van der Waals surface area contributed by atoms with Gasteiger partial charge in [-0.25, -0.2) is 0 Å². The van der Waals surface area contributed by atoms with Crippen molar-refractivity contribution in [1.29, 1.82) is 0 Å². The van der Waals surface area contributed by atoms with E-state index in [9.17, 15) is 9.59 Å². The van der Waals surface area contributed by atoms with E-state index < -0.39 is 0 Å². The van der Waals surface area contributed by atoms with E-state index >= 15 is 0 Å². The van der Waals surface area contributed by atoms with Crippen LogP contribution in [0, 0.1) is 5.92 Å². The number of amides is 2. The Kier molecular flexibility index (Phi) is 5.97. The minimum Gasteiger partial charge on any atom is -0.364 e. The van der Waals surface area contributed by atoms with Crippen LogP contribution in [0.2, 0.25) is 0 Å². The molecule has 0 heterocycles. The smallest absolute Gasteiger partial charge is 0.238 e. The fraction of sp³-hybridized carbons (Fsp3) is 0.818.